The molecule has 1 unspecified atom stereocenters. The maximum atomic E-state index is 12.3. The van der Waals surface area contributed by atoms with Crippen LogP contribution in [-0.4, -0.2) is 26.8 Å². The normalized spacial score (nSPS) is 16.4. The molecular formula is C18H21ClN4OS. The summed E-state index contributed by atoms with van der Waals surface area (Å²) in [5.74, 6) is 0.387. The maximum absolute atomic E-state index is 12.3. The molecule has 1 saturated carbocycles. The van der Waals surface area contributed by atoms with Crippen molar-refractivity contribution in [1.82, 2.24) is 14.9 Å². The highest BCUT2D eigenvalue weighted by atomic mass is 35.5. The topological polar surface area (TPSA) is 70.7 Å². The second-order valence-corrected chi connectivity index (χ2v) is 7.98. The summed E-state index contributed by atoms with van der Waals surface area (Å²) in [7, 11) is 0. The van der Waals surface area contributed by atoms with Crippen molar-refractivity contribution in [2.45, 2.75) is 50.4 Å². The Balaban J connectivity index is 1.73. The number of aryl methyl sites for hydroxylation is 1. The number of rotatable bonds is 7. The van der Waals surface area contributed by atoms with Crippen molar-refractivity contribution >= 4 is 40.3 Å². The predicted octanol–water partition coefficient (Wildman–Crippen LogP) is 4.00. The molecule has 25 heavy (non-hydrogen) atoms. The maximum Gasteiger partial charge on any atom is 0.231 e. The zero-order valence-corrected chi connectivity index (χ0v) is 16.0. The van der Waals surface area contributed by atoms with E-state index in [2.05, 4.69) is 27.9 Å². The molecule has 1 atom stereocenters. The molecule has 5 nitrogen and oxygen atoms in total. The highest BCUT2D eigenvalue weighted by Gasteiger charge is 2.42. The summed E-state index contributed by atoms with van der Waals surface area (Å²) in [6.07, 6.45) is 2.98. The van der Waals surface area contributed by atoms with Crippen LogP contribution in [0.15, 0.2) is 23.4 Å². The Kier molecular flexibility index (Phi) is 5.26. The van der Waals surface area contributed by atoms with E-state index in [0.29, 0.717) is 5.02 Å². The van der Waals surface area contributed by atoms with Gasteiger partial charge in [-0.3, -0.25) is 4.79 Å². The first-order valence-electron chi connectivity index (χ1n) is 8.47. The van der Waals surface area contributed by atoms with Gasteiger partial charge in [0.15, 0.2) is 5.16 Å². The summed E-state index contributed by atoms with van der Waals surface area (Å²) < 4.78 is 2.12. The molecule has 2 aromatic rings. The number of carbonyl (C=O) groups is 1. The Labute approximate surface area is 156 Å². The quantitative estimate of drug-likeness (QED) is 0.741. The van der Waals surface area contributed by atoms with E-state index < -0.39 is 5.54 Å². The number of amides is 1. The summed E-state index contributed by atoms with van der Waals surface area (Å²) in [5, 5.41) is 13.7. The summed E-state index contributed by atoms with van der Waals surface area (Å²) in [4.78, 5) is 16.9. The first-order valence-corrected chi connectivity index (χ1v) is 9.84. The number of hydrogen-bond donors (Lipinski definition) is 1. The Morgan fingerprint density at radius 2 is 2.32 bits per heavy atom. The van der Waals surface area contributed by atoms with Gasteiger partial charge in [-0.2, -0.15) is 5.26 Å². The van der Waals surface area contributed by atoms with Gasteiger partial charge in [0.1, 0.15) is 5.54 Å². The first kappa shape index (κ1) is 18.1. The second kappa shape index (κ2) is 7.27. The van der Waals surface area contributed by atoms with Gasteiger partial charge in [-0.05, 0) is 50.3 Å². The number of aromatic nitrogens is 2. The number of fused-ring (bicyclic) bond motifs is 1. The van der Waals surface area contributed by atoms with Gasteiger partial charge >= 0.3 is 0 Å². The van der Waals surface area contributed by atoms with Crippen molar-refractivity contribution in [2.75, 3.05) is 5.75 Å². The largest absolute Gasteiger partial charge is 0.337 e. The van der Waals surface area contributed by atoms with Gasteiger partial charge in [-0.15, -0.1) is 0 Å². The van der Waals surface area contributed by atoms with Crippen LogP contribution in [0.1, 0.15) is 33.1 Å². The van der Waals surface area contributed by atoms with Crippen LogP contribution >= 0.6 is 23.4 Å². The number of nitriles is 1. The minimum absolute atomic E-state index is 0.130. The van der Waals surface area contributed by atoms with E-state index in [1.165, 1.54) is 11.8 Å². The van der Waals surface area contributed by atoms with Crippen LogP contribution in [0.5, 0.6) is 0 Å². The Hall–Kier alpha value is -1.71. The minimum atomic E-state index is -0.755. The fraction of sp³-hybridized carbons (Fsp3) is 0.500. The average molecular weight is 377 g/mol. The molecule has 0 aliphatic heterocycles. The molecule has 1 fully saturated rings. The van der Waals surface area contributed by atoms with E-state index in [9.17, 15) is 10.1 Å². The minimum Gasteiger partial charge on any atom is -0.337 e. The molecule has 0 radical (unpaired) electrons. The molecular weight excluding hydrogens is 356 g/mol. The Bertz CT molecular complexity index is 839. The number of halogens is 1. The molecule has 1 heterocycles. The molecule has 1 aromatic heterocycles. The van der Waals surface area contributed by atoms with Crippen molar-refractivity contribution in [1.29, 1.82) is 5.26 Å². The summed E-state index contributed by atoms with van der Waals surface area (Å²) in [6, 6.07) is 7.91. The number of benzene rings is 1. The molecule has 1 aromatic carbocycles. The van der Waals surface area contributed by atoms with Crippen molar-refractivity contribution in [3.8, 4) is 6.07 Å². The van der Waals surface area contributed by atoms with E-state index in [1.54, 1.807) is 0 Å². The van der Waals surface area contributed by atoms with E-state index in [-0.39, 0.29) is 17.6 Å². The van der Waals surface area contributed by atoms with E-state index in [0.717, 1.165) is 42.0 Å². The monoisotopic (exact) mass is 376 g/mol. The highest BCUT2D eigenvalue weighted by Crippen LogP contribution is 2.39. The third-order valence-electron chi connectivity index (χ3n) is 4.48. The summed E-state index contributed by atoms with van der Waals surface area (Å²) >= 11 is 7.46. The standard InChI is InChI=1S/C18H21ClN4OS/c1-3-8-23-15-7-6-13(19)9-14(15)21-17(23)25-10-16(24)22-18(2,11-20)12-4-5-12/h6-7,9,12H,3-5,8,10H2,1-2H3,(H,22,24). The van der Waals surface area contributed by atoms with Crippen LogP contribution in [0.3, 0.4) is 0 Å². The van der Waals surface area contributed by atoms with Gasteiger partial charge in [-0.1, -0.05) is 30.3 Å². The van der Waals surface area contributed by atoms with Crippen molar-refractivity contribution < 1.29 is 4.79 Å². The van der Waals surface area contributed by atoms with Gasteiger partial charge in [0.25, 0.3) is 0 Å². The van der Waals surface area contributed by atoms with Crippen LogP contribution in [0.25, 0.3) is 11.0 Å². The molecule has 1 N–H and O–H groups in total. The molecule has 1 amide bonds. The highest BCUT2D eigenvalue weighted by molar-refractivity contribution is 7.99. The summed E-state index contributed by atoms with van der Waals surface area (Å²) in [6.45, 7) is 4.75. The zero-order valence-electron chi connectivity index (χ0n) is 14.4. The van der Waals surface area contributed by atoms with Crippen LogP contribution in [-0.2, 0) is 11.3 Å². The SMILES string of the molecule is CCCn1c(SCC(=O)NC(C)(C#N)C2CC2)nc2cc(Cl)ccc21. The Morgan fingerprint density at radius 1 is 1.56 bits per heavy atom. The summed E-state index contributed by atoms with van der Waals surface area (Å²) in [5.41, 5.74) is 1.10. The first-order chi connectivity index (χ1) is 12.0. The van der Waals surface area contributed by atoms with Gasteiger partial charge in [0.2, 0.25) is 5.91 Å². The molecule has 0 saturated heterocycles. The van der Waals surface area contributed by atoms with Gasteiger partial charge in [0.05, 0.1) is 22.9 Å². The molecule has 1 aliphatic rings. The third-order valence-corrected chi connectivity index (χ3v) is 5.69. The number of nitrogens with one attached hydrogen (secondary N) is 1. The second-order valence-electron chi connectivity index (χ2n) is 6.60. The molecule has 3 rings (SSSR count). The van der Waals surface area contributed by atoms with Crippen LogP contribution in [0, 0.1) is 17.2 Å². The molecule has 0 bridgehead atoms. The van der Waals surface area contributed by atoms with Crippen LogP contribution in [0.2, 0.25) is 5.02 Å². The smallest absolute Gasteiger partial charge is 0.231 e. The van der Waals surface area contributed by atoms with E-state index in [4.69, 9.17) is 11.6 Å². The van der Waals surface area contributed by atoms with E-state index in [1.807, 2.05) is 25.1 Å². The lowest BCUT2D eigenvalue weighted by Crippen LogP contribution is -2.47. The zero-order chi connectivity index (χ0) is 18.0. The third kappa shape index (κ3) is 3.94. The molecule has 132 valence electrons. The fourth-order valence-corrected chi connectivity index (χ4v) is 3.98. The van der Waals surface area contributed by atoms with Crippen molar-refractivity contribution in [3.05, 3.63) is 23.2 Å². The number of nitrogens with zero attached hydrogens (tertiary/aromatic N) is 3. The molecule has 7 heteroatoms. The number of carbonyl (C=O) groups excluding carboxylic acids is 1. The van der Waals surface area contributed by atoms with Crippen molar-refractivity contribution in [3.63, 3.8) is 0 Å². The van der Waals surface area contributed by atoms with Gasteiger partial charge < -0.3 is 9.88 Å². The molecule has 0 spiro atoms. The number of hydrogen-bond acceptors (Lipinski definition) is 4. The average Bonchev–Trinajstić information content (AvgIpc) is 3.38. The fourth-order valence-electron chi connectivity index (χ4n) is 2.97. The lowest BCUT2D eigenvalue weighted by atomic mass is 9.98. The number of imidazole rings is 1. The van der Waals surface area contributed by atoms with Gasteiger partial charge in [-0.25, -0.2) is 4.98 Å². The van der Waals surface area contributed by atoms with Crippen LogP contribution < -0.4 is 5.32 Å². The number of thioether (sulfide) groups is 1. The van der Waals surface area contributed by atoms with Crippen LogP contribution in [0.4, 0.5) is 0 Å². The lowest BCUT2D eigenvalue weighted by molar-refractivity contribution is -0.119. The predicted molar refractivity (Wildman–Crippen MR) is 101 cm³/mol. The van der Waals surface area contributed by atoms with Crippen molar-refractivity contribution in [2.24, 2.45) is 5.92 Å². The van der Waals surface area contributed by atoms with E-state index >= 15 is 0 Å². The molecule has 1 aliphatic carbocycles. The van der Waals surface area contributed by atoms with Gasteiger partial charge in [0, 0.05) is 11.6 Å². The Morgan fingerprint density at radius 3 is 2.96 bits per heavy atom. The lowest BCUT2D eigenvalue weighted by Gasteiger charge is -2.22.